The van der Waals surface area contributed by atoms with Gasteiger partial charge in [0.05, 0.1) is 6.54 Å². The average Bonchev–Trinajstić information content (AvgIpc) is 2.37. The molecule has 0 aromatic heterocycles. The van der Waals surface area contributed by atoms with Gasteiger partial charge in [-0.2, -0.15) is 11.8 Å². The Morgan fingerprint density at radius 3 is 2.94 bits per heavy atom. The second kappa shape index (κ2) is 6.53. The van der Waals surface area contributed by atoms with Crippen molar-refractivity contribution in [1.82, 2.24) is 4.90 Å². The van der Waals surface area contributed by atoms with Crippen molar-refractivity contribution in [2.24, 2.45) is 16.6 Å². The highest BCUT2D eigenvalue weighted by Gasteiger charge is 2.18. The zero-order chi connectivity index (χ0) is 12.1. The molecule has 0 radical (unpaired) electrons. The van der Waals surface area contributed by atoms with Crippen LogP contribution in [0.3, 0.4) is 0 Å². The fourth-order valence-corrected chi connectivity index (χ4v) is 3.86. The number of nitrogens with zero attached hydrogens (tertiary/aromatic N) is 2. The van der Waals surface area contributed by atoms with Crippen LogP contribution in [0, 0.1) is 5.92 Å². The third-order valence-electron chi connectivity index (χ3n) is 3.71. The fraction of sp³-hybridized carbons (Fsp3) is 0.923. The fourth-order valence-electron chi connectivity index (χ4n) is 2.64. The van der Waals surface area contributed by atoms with Crippen molar-refractivity contribution >= 4 is 17.7 Å². The molecule has 0 aromatic carbocycles. The lowest BCUT2D eigenvalue weighted by Crippen LogP contribution is -2.43. The van der Waals surface area contributed by atoms with Crippen LogP contribution in [-0.2, 0) is 0 Å². The molecule has 2 N–H and O–H groups in total. The highest BCUT2D eigenvalue weighted by Crippen LogP contribution is 2.25. The first-order valence-corrected chi connectivity index (χ1v) is 7.97. The number of hydrogen-bond donors (Lipinski definition) is 1. The smallest absolute Gasteiger partial charge is 0.191 e. The molecule has 0 aliphatic carbocycles. The molecule has 2 unspecified atom stereocenters. The minimum atomic E-state index is 0.713. The maximum absolute atomic E-state index is 6.09. The third-order valence-corrected chi connectivity index (χ3v) is 5.09. The summed E-state index contributed by atoms with van der Waals surface area (Å²) in [6, 6.07) is 0. The number of aliphatic imine (C=N–C) groups is 1. The van der Waals surface area contributed by atoms with E-state index in [1.807, 2.05) is 0 Å². The van der Waals surface area contributed by atoms with Crippen LogP contribution in [0.15, 0.2) is 4.99 Å². The Bertz CT molecular complexity index is 261. The molecular formula is C13H25N3S. The Hall–Kier alpha value is -0.380. The highest BCUT2D eigenvalue weighted by atomic mass is 32.2. The summed E-state index contributed by atoms with van der Waals surface area (Å²) in [7, 11) is 0. The lowest BCUT2D eigenvalue weighted by molar-refractivity contribution is 0.270. The van der Waals surface area contributed by atoms with E-state index in [1.54, 1.807) is 0 Å². The molecule has 2 atom stereocenters. The zero-order valence-corrected chi connectivity index (χ0v) is 11.7. The summed E-state index contributed by atoms with van der Waals surface area (Å²) in [6.45, 7) is 5.41. The van der Waals surface area contributed by atoms with Gasteiger partial charge in [0, 0.05) is 18.3 Å². The molecule has 3 nitrogen and oxygen atoms in total. The van der Waals surface area contributed by atoms with Gasteiger partial charge in [-0.1, -0.05) is 13.3 Å². The molecule has 2 aliphatic heterocycles. The molecule has 2 saturated heterocycles. The van der Waals surface area contributed by atoms with E-state index in [0.29, 0.717) is 5.25 Å². The third kappa shape index (κ3) is 4.09. The largest absolute Gasteiger partial charge is 0.370 e. The second-order valence-electron chi connectivity index (χ2n) is 5.38. The van der Waals surface area contributed by atoms with E-state index in [0.717, 1.165) is 31.5 Å². The van der Waals surface area contributed by atoms with Crippen molar-refractivity contribution < 1.29 is 0 Å². The molecule has 0 spiro atoms. The van der Waals surface area contributed by atoms with Crippen molar-refractivity contribution in [2.45, 2.75) is 44.3 Å². The van der Waals surface area contributed by atoms with E-state index < -0.39 is 0 Å². The van der Waals surface area contributed by atoms with Gasteiger partial charge in [0.2, 0.25) is 0 Å². The van der Waals surface area contributed by atoms with Gasteiger partial charge in [0.25, 0.3) is 0 Å². The summed E-state index contributed by atoms with van der Waals surface area (Å²) in [6.07, 6.45) is 6.66. The zero-order valence-electron chi connectivity index (χ0n) is 10.9. The first kappa shape index (κ1) is 13.1. The van der Waals surface area contributed by atoms with E-state index >= 15 is 0 Å². The summed E-state index contributed by atoms with van der Waals surface area (Å²) >= 11 is 2.07. The van der Waals surface area contributed by atoms with Gasteiger partial charge in [-0.15, -0.1) is 0 Å². The minimum Gasteiger partial charge on any atom is -0.370 e. The van der Waals surface area contributed by atoms with Crippen LogP contribution in [0.1, 0.15) is 39.0 Å². The van der Waals surface area contributed by atoms with Gasteiger partial charge in [-0.05, 0) is 37.4 Å². The Balaban J connectivity index is 1.79. The Kier molecular flexibility index (Phi) is 5.01. The normalized spacial score (nSPS) is 31.6. The van der Waals surface area contributed by atoms with Gasteiger partial charge >= 0.3 is 0 Å². The number of rotatable bonds is 2. The van der Waals surface area contributed by atoms with Crippen LogP contribution >= 0.6 is 11.8 Å². The molecule has 0 bridgehead atoms. The SMILES string of the molecule is CC1CCCN(C(N)=NCC2CCCCS2)C1. The first-order chi connectivity index (χ1) is 8.25. The maximum Gasteiger partial charge on any atom is 0.191 e. The van der Waals surface area contributed by atoms with Crippen molar-refractivity contribution in [2.75, 3.05) is 25.4 Å². The van der Waals surface area contributed by atoms with Crippen molar-refractivity contribution in [1.29, 1.82) is 0 Å². The lowest BCUT2D eigenvalue weighted by Gasteiger charge is -2.32. The number of thioether (sulfide) groups is 1. The molecule has 0 saturated carbocycles. The van der Waals surface area contributed by atoms with Gasteiger partial charge < -0.3 is 10.6 Å². The number of hydrogen-bond acceptors (Lipinski definition) is 2. The van der Waals surface area contributed by atoms with Crippen LogP contribution < -0.4 is 5.73 Å². The molecule has 2 fully saturated rings. The van der Waals surface area contributed by atoms with E-state index in [9.17, 15) is 0 Å². The van der Waals surface area contributed by atoms with E-state index in [-0.39, 0.29) is 0 Å². The number of nitrogens with two attached hydrogens (primary N) is 1. The molecule has 2 aliphatic rings. The van der Waals surface area contributed by atoms with Gasteiger partial charge in [0.15, 0.2) is 5.96 Å². The van der Waals surface area contributed by atoms with Gasteiger partial charge in [-0.25, -0.2) is 0 Å². The Morgan fingerprint density at radius 2 is 2.24 bits per heavy atom. The quantitative estimate of drug-likeness (QED) is 0.608. The van der Waals surface area contributed by atoms with E-state index in [4.69, 9.17) is 5.73 Å². The molecule has 0 amide bonds. The predicted molar refractivity (Wildman–Crippen MR) is 76.6 cm³/mol. The summed E-state index contributed by atoms with van der Waals surface area (Å²) in [5.74, 6) is 2.85. The monoisotopic (exact) mass is 255 g/mol. The molecule has 98 valence electrons. The van der Waals surface area contributed by atoms with E-state index in [1.165, 1.54) is 37.9 Å². The predicted octanol–water partition coefficient (Wildman–Crippen LogP) is 2.32. The van der Waals surface area contributed by atoms with Crippen molar-refractivity contribution in [3.63, 3.8) is 0 Å². The van der Waals surface area contributed by atoms with Crippen LogP contribution in [0.2, 0.25) is 0 Å². The van der Waals surface area contributed by atoms with E-state index in [2.05, 4.69) is 28.6 Å². The lowest BCUT2D eigenvalue weighted by atomic mass is 10.0. The van der Waals surface area contributed by atoms with Crippen molar-refractivity contribution in [3.8, 4) is 0 Å². The summed E-state index contributed by atoms with van der Waals surface area (Å²) in [5, 5.41) is 0.713. The summed E-state index contributed by atoms with van der Waals surface area (Å²) in [4.78, 5) is 6.87. The molecule has 2 rings (SSSR count). The number of guanidine groups is 1. The molecule has 2 heterocycles. The van der Waals surface area contributed by atoms with Crippen LogP contribution in [0.4, 0.5) is 0 Å². The number of piperidine rings is 1. The van der Waals surface area contributed by atoms with Crippen LogP contribution in [-0.4, -0.2) is 41.5 Å². The van der Waals surface area contributed by atoms with Crippen LogP contribution in [0.5, 0.6) is 0 Å². The molecule has 4 heteroatoms. The van der Waals surface area contributed by atoms with Gasteiger partial charge in [-0.3, -0.25) is 4.99 Å². The maximum atomic E-state index is 6.09. The topological polar surface area (TPSA) is 41.6 Å². The minimum absolute atomic E-state index is 0.713. The molecular weight excluding hydrogens is 230 g/mol. The first-order valence-electron chi connectivity index (χ1n) is 6.92. The number of likely N-dealkylation sites (tertiary alicyclic amines) is 1. The van der Waals surface area contributed by atoms with Crippen LogP contribution in [0.25, 0.3) is 0 Å². The highest BCUT2D eigenvalue weighted by molar-refractivity contribution is 7.99. The summed E-state index contributed by atoms with van der Waals surface area (Å²) in [5.41, 5.74) is 6.09. The van der Waals surface area contributed by atoms with Crippen molar-refractivity contribution in [3.05, 3.63) is 0 Å². The van der Waals surface area contributed by atoms with Gasteiger partial charge in [0.1, 0.15) is 0 Å². The summed E-state index contributed by atoms with van der Waals surface area (Å²) < 4.78 is 0. The Morgan fingerprint density at radius 1 is 1.35 bits per heavy atom. The second-order valence-corrected chi connectivity index (χ2v) is 6.79. The average molecular weight is 255 g/mol. The molecule has 17 heavy (non-hydrogen) atoms. The Labute approximate surface area is 109 Å². The standard InChI is InChI=1S/C13H25N3S/c1-11-5-4-7-16(10-11)13(14)15-9-12-6-2-3-8-17-12/h11-12H,2-10H2,1H3,(H2,14,15). The molecule has 0 aromatic rings.